The number of aromatic amines is 1. The first-order chi connectivity index (χ1) is 17.8. The summed E-state index contributed by atoms with van der Waals surface area (Å²) in [5, 5.41) is 8.97. The number of carbonyl (C=O) groups is 2. The molecular formula is C28H29N5O4. The van der Waals surface area contributed by atoms with Crippen LogP contribution in [0.3, 0.4) is 0 Å². The van der Waals surface area contributed by atoms with E-state index in [0.29, 0.717) is 28.1 Å². The Morgan fingerprint density at radius 3 is 2.65 bits per heavy atom. The minimum atomic E-state index is -0.888. The molecule has 0 aliphatic rings. The molecular weight excluding hydrogens is 470 g/mol. The molecule has 0 radical (unpaired) electrons. The van der Waals surface area contributed by atoms with Crippen LogP contribution in [0, 0.1) is 13.8 Å². The lowest BCUT2D eigenvalue weighted by atomic mass is 10.0. The first kappa shape index (κ1) is 24.3. The van der Waals surface area contributed by atoms with Crippen molar-refractivity contribution in [2.24, 2.45) is 0 Å². The van der Waals surface area contributed by atoms with Crippen LogP contribution in [0.15, 0.2) is 53.2 Å². The molecule has 5 aromatic rings. The van der Waals surface area contributed by atoms with E-state index in [9.17, 15) is 9.59 Å². The number of rotatable bonds is 7. The number of hydrogen-bond donors (Lipinski definition) is 2. The third kappa shape index (κ3) is 4.48. The highest BCUT2D eigenvalue weighted by molar-refractivity contribution is 6.07. The third-order valence-electron chi connectivity index (χ3n) is 6.51. The molecule has 37 heavy (non-hydrogen) atoms. The number of carbonyl (C=O) groups excluding carboxylic acids is 2. The first-order valence-corrected chi connectivity index (χ1v) is 12.2. The predicted octanol–water partition coefficient (Wildman–Crippen LogP) is 4.88. The van der Waals surface area contributed by atoms with E-state index >= 15 is 0 Å². The molecule has 9 nitrogen and oxygen atoms in total. The molecule has 4 heterocycles. The number of aromatic nitrogens is 4. The maximum atomic E-state index is 13.7. The predicted molar refractivity (Wildman–Crippen MR) is 140 cm³/mol. The van der Waals surface area contributed by atoms with Gasteiger partial charge in [0.25, 0.3) is 5.91 Å². The lowest BCUT2D eigenvalue weighted by Crippen LogP contribution is -2.43. The minimum Gasteiger partial charge on any atom is -0.467 e. The molecule has 0 fully saturated rings. The highest BCUT2D eigenvalue weighted by atomic mass is 16.5. The molecule has 1 aromatic carbocycles. The molecule has 0 aliphatic heterocycles. The first-order valence-electron chi connectivity index (χ1n) is 12.2. The van der Waals surface area contributed by atoms with Crippen LogP contribution >= 0.6 is 0 Å². The second kappa shape index (κ2) is 9.57. The summed E-state index contributed by atoms with van der Waals surface area (Å²) in [5.41, 5.74) is 4.22. The standard InChI is InChI=1S/C28H29N5O4/c1-15(2)33-26-22(14-30-33)21(12-24(31-26)20-10-16(3)37-17(20)4)27(34)32-25(28(35)36-5)11-18-13-29-23-9-7-6-8-19(18)23/h6-10,12-15,25,29H,11H2,1-5H3,(H,32,34). The van der Waals surface area contributed by atoms with Gasteiger partial charge >= 0.3 is 5.97 Å². The van der Waals surface area contributed by atoms with E-state index in [1.54, 1.807) is 16.9 Å². The van der Waals surface area contributed by atoms with E-state index in [2.05, 4.69) is 15.4 Å². The maximum Gasteiger partial charge on any atom is 0.328 e. The topological polar surface area (TPSA) is 115 Å². The van der Waals surface area contributed by atoms with Crippen molar-refractivity contribution in [2.75, 3.05) is 7.11 Å². The highest BCUT2D eigenvalue weighted by Crippen LogP contribution is 2.30. The number of esters is 1. The molecule has 1 atom stereocenters. The Morgan fingerprint density at radius 1 is 1.16 bits per heavy atom. The Balaban J connectivity index is 1.55. The van der Waals surface area contributed by atoms with Crippen molar-refractivity contribution in [3.05, 3.63) is 71.4 Å². The molecule has 0 saturated heterocycles. The van der Waals surface area contributed by atoms with Crippen LogP contribution in [0.4, 0.5) is 0 Å². The van der Waals surface area contributed by atoms with Crippen LogP contribution in [0.5, 0.6) is 0 Å². The van der Waals surface area contributed by atoms with Gasteiger partial charge in [0.2, 0.25) is 0 Å². The Morgan fingerprint density at radius 2 is 1.95 bits per heavy atom. The zero-order valence-electron chi connectivity index (χ0n) is 21.5. The number of nitrogens with one attached hydrogen (secondary N) is 2. The van der Waals surface area contributed by atoms with Crippen LogP contribution < -0.4 is 5.32 Å². The lowest BCUT2D eigenvalue weighted by Gasteiger charge is -2.17. The third-order valence-corrected chi connectivity index (χ3v) is 6.51. The number of nitrogens with zero attached hydrogens (tertiary/aromatic N) is 3. The summed E-state index contributed by atoms with van der Waals surface area (Å²) in [6, 6.07) is 10.6. The fourth-order valence-corrected chi connectivity index (χ4v) is 4.70. The molecule has 2 N–H and O–H groups in total. The normalized spacial score (nSPS) is 12.4. The van der Waals surface area contributed by atoms with Gasteiger partial charge in [-0.2, -0.15) is 5.10 Å². The van der Waals surface area contributed by atoms with Crippen molar-refractivity contribution in [3.63, 3.8) is 0 Å². The molecule has 0 aliphatic carbocycles. The van der Waals surface area contributed by atoms with Crippen molar-refractivity contribution in [1.29, 1.82) is 0 Å². The number of pyridine rings is 1. The van der Waals surface area contributed by atoms with E-state index in [4.69, 9.17) is 14.1 Å². The summed E-state index contributed by atoms with van der Waals surface area (Å²) in [6.45, 7) is 7.74. The Kier molecular flexibility index (Phi) is 6.29. The minimum absolute atomic E-state index is 0.0352. The van der Waals surface area contributed by atoms with Crippen LogP contribution in [0.25, 0.3) is 33.2 Å². The summed E-state index contributed by atoms with van der Waals surface area (Å²) in [7, 11) is 1.32. The van der Waals surface area contributed by atoms with E-state index in [1.165, 1.54) is 7.11 Å². The van der Waals surface area contributed by atoms with Gasteiger partial charge in [-0.05, 0) is 51.5 Å². The van der Waals surface area contributed by atoms with Gasteiger partial charge in [-0.25, -0.2) is 14.5 Å². The summed E-state index contributed by atoms with van der Waals surface area (Å²) in [4.78, 5) is 34.5. The van der Waals surface area contributed by atoms with E-state index < -0.39 is 17.9 Å². The van der Waals surface area contributed by atoms with Gasteiger partial charge in [0.15, 0.2) is 5.65 Å². The Hall–Kier alpha value is -4.40. The summed E-state index contributed by atoms with van der Waals surface area (Å²) in [6.07, 6.45) is 3.77. The molecule has 0 saturated carbocycles. The molecule has 0 spiro atoms. The number of ether oxygens (including phenoxy) is 1. The molecule has 1 amide bonds. The molecule has 4 aromatic heterocycles. The Labute approximate surface area is 213 Å². The van der Waals surface area contributed by atoms with Crippen LogP contribution in [-0.2, 0) is 16.0 Å². The fourth-order valence-electron chi connectivity index (χ4n) is 4.70. The smallest absolute Gasteiger partial charge is 0.328 e. The molecule has 1 unspecified atom stereocenters. The van der Waals surface area contributed by atoms with Gasteiger partial charge < -0.3 is 19.5 Å². The van der Waals surface area contributed by atoms with Crippen molar-refractivity contribution >= 4 is 33.8 Å². The highest BCUT2D eigenvalue weighted by Gasteiger charge is 2.26. The number of furan rings is 1. The van der Waals surface area contributed by atoms with Crippen LogP contribution in [-0.4, -0.2) is 44.8 Å². The van der Waals surface area contributed by atoms with Gasteiger partial charge in [0.1, 0.15) is 17.6 Å². The van der Waals surface area contributed by atoms with Gasteiger partial charge in [-0.3, -0.25) is 4.79 Å². The number of H-pyrrole nitrogens is 1. The largest absolute Gasteiger partial charge is 0.467 e. The number of amides is 1. The summed E-state index contributed by atoms with van der Waals surface area (Å²) in [5.74, 6) is 0.522. The van der Waals surface area contributed by atoms with Crippen molar-refractivity contribution in [3.8, 4) is 11.3 Å². The van der Waals surface area contributed by atoms with Crippen molar-refractivity contribution < 1.29 is 18.7 Å². The number of fused-ring (bicyclic) bond motifs is 2. The summed E-state index contributed by atoms with van der Waals surface area (Å²) < 4.78 is 12.5. The molecule has 9 heteroatoms. The van der Waals surface area contributed by atoms with Gasteiger partial charge in [0, 0.05) is 35.1 Å². The van der Waals surface area contributed by atoms with E-state index in [0.717, 1.165) is 27.8 Å². The summed E-state index contributed by atoms with van der Waals surface area (Å²) >= 11 is 0. The SMILES string of the molecule is COC(=O)C(Cc1c[nH]c2ccccc12)NC(=O)c1cc(-c2cc(C)oc2C)nc2c1cnn2C(C)C. The van der Waals surface area contributed by atoms with E-state index in [1.807, 2.05) is 64.2 Å². The van der Waals surface area contributed by atoms with Crippen molar-refractivity contribution in [2.45, 2.75) is 46.2 Å². The van der Waals surface area contributed by atoms with Crippen LogP contribution in [0.2, 0.25) is 0 Å². The number of para-hydroxylation sites is 1. The molecule has 190 valence electrons. The monoisotopic (exact) mass is 499 g/mol. The van der Waals surface area contributed by atoms with Gasteiger partial charge in [-0.1, -0.05) is 18.2 Å². The lowest BCUT2D eigenvalue weighted by molar-refractivity contribution is -0.142. The average Bonchev–Trinajstić information content (AvgIpc) is 3.58. The average molecular weight is 500 g/mol. The second-order valence-corrected chi connectivity index (χ2v) is 9.41. The quantitative estimate of drug-likeness (QED) is 0.308. The van der Waals surface area contributed by atoms with Gasteiger partial charge in [0.05, 0.1) is 30.0 Å². The van der Waals surface area contributed by atoms with Gasteiger partial charge in [-0.15, -0.1) is 0 Å². The van der Waals surface area contributed by atoms with Crippen LogP contribution in [0.1, 0.15) is 47.3 Å². The maximum absolute atomic E-state index is 13.7. The fraction of sp³-hybridized carbons (Fsp3) is 0.286. The second-order valence-electron chi connectivity index (χ2n) is 9.41. The van der Waals surface area contributed by atoms with E-state index in [-0.39, 0.29) is 12.5 Å². The zero-order chi connectivity index (χ0) is 26.3. The molecule has 5 rings (SSSR count). The molecule has 0 bridgehead atoms. The number of aryl methyl sites for hydroxylation is 2. The number of methoxy groups -OCH3 is 1. The Bertz CT molecular complexity index is 1620. The number of benzene rings is 1. The van der Waals surface area contributed by atoms with Crippen molar-refractivity contribution in [1.82, 2.24) is 25.1 Å². The zero-order valence-corrected chi connectivity index (χ0v) is 21.5. The number of hydrogen-bond acceptors (Lipinski definition) is 6.